The highest BCUT2D eigenvalue weighted by atomic mass is 19.4. The highest BCUT2D eigenvalue weighted by Crippen LogP contribution is 2.59. The van der Waals surface area contributed by atoms with Crippen LogP contribution in [0.15, 0.2) is 29.8 Å². The molecule has 2 fully saturated rings. The Balaban J connectivity index is 1.59. The number of rotatable bonds is 5. The monoisotopic (exact) mass is 534 g/mol. The molecule has 9 heteroatoms. The SMILES string of the molecule is COC(=O)N(CC1=CCC2CC1C2(C)C)C1CC(C2CC2)N(C(=O)OC(C)C)c2ccc(C(F)(F)F)cc21. The van der Waals surface area contributed by atoms with Gasteiger partial charge in [0.2, 0.25) is 0 Å². The van der Waals surface area contributed by atoms with Crippen LogP contribution in [-0.4, -0.2) is 42.9 Å². The summed E-state index contributed by atoms with van der Waals surface area (Å²) in [6.07, 6.45) is 0.260. The van der Waals surface area contributed by atoms with Crippen molar-refractivity contribution in [3.05, 3.63) is 41.0 Å². The van der Waals surface area contributed by atoms with Gasteiger partial charge in [-0.15, -0.1) is 0 Å². The molecule has 2 bridgehead atoms. The van der Waals surface area contributed by atoms with Crippen LogP contribution in [0.25, 0.3) is 0 Å². The standard InChI is InChI=1S/C29H37F3N2O4/c1-16(2)38-27(36)34-23-11-10-20(29(30,31)32)12-21(23)25(14-24(34)17-6-7-17)33(26(35)37-5)15-18-8-9-19-13-22(18)28(19,3)4/h8,10-12,16-17,19,22,24-25H,6-7,9,13-15H2,1-5H3. The van der Waals surface area contributed by atoms with Crippen molar-refractivity contribution < 1.29 is 32.2 Å². The second-order valence-electron chi connectivity index (χ2n) is 12.1. The molecule has 0 radical (unpaired) electrons. The molecule has 6 nitrogen and oxygen atoms in total. The van der Waals surface area contributed by atoms with Gasteiger partial charge in [0.25, 0.3) is 0 Å². The summed E-state index contributed by atoms with van der Waals surface area (Å²) in [5.74, 6) is 1.15. The van der Waals surface area contributed by atoms with Crippen molar-refractivity contribution in [2.45, 2.75) is 84.2 Å². The van der Waals surface area contributed by atoms with E-state index >= 15 is 0 Å². The third-order valence-corrected chi connectivity index (χ3v) is 9.19. The van der Waals surface area contributed by atoms with Crippen LogP contribution in [0, 0.1) is 23.2 Å². The molecular weight excluding hydrogens is 497 g/mol. The van der Waals surface area contributed by atoms with Crippen molar-refractivity contribution in [2.24, 2.45) is 23.2 Å². The molecule has 5 aliphatic rings. The third kappa shape index (κ3) is 4.66. The maximum atomic E-state index is 13.8. The summed E-state index contributed by atoms with van der Waals surface area (Å²) >= 11 is 0. The van der Waals surface area contributed by atoms with Crippen molar-refractivity contribution >= 4 is 17.9 Å². The highest BCUT2D eigenvalue weighted by Gasteiger charge is 2.53. The van der Waals surface area contributed by atoms with Crippen LogP contribution in [0.2, 0.25) is 0 Å². The number of halogens is 3. The molecule has 4 aliphatic carbocycles. The molecule has 2 saturated carbocycles. The Bertz CT molecular complexity index is 1140. The lowest BCUT2D eigenvalue weighted by atomic mass is 9.49. The Morgan fingerprint density at radius 2 is 1.89 bits per heavy atom. The van der Waals surface area contributed by atoms with Crippen LogP contribution in [0.5, 0.6) is 0 Å². The molecular formula is C29H37F3N2O4. The molecule has 1 aromatic carbocycles. The van der Waals surface area contributed by atoms with Crippen molar-refractivity contribution in [1.29, 1.82) is 0 Å². The van der Waals surface area contributed by atoms with Crippen LogP contribution in [0.1, 0.15) is 77.0 Å². The van der Waals surface area contributed by atoms with Gasteiger partial charge < -0.3 is 9.47 Å². The van der Waals surface area contributed by atoms with E-state index in [1.54, 1.807) is 18.7 Å². The van der Waals surface area contributed by atoms with E-state index in [-0.39, 0.29) is 23.5 Å². The molecule has 38 heavy (non-hydrogen) atoms. The minimum atomic E-state index is -4.57. The average Bonchev–Trinajstić information content (AvgIpc) is 3.70. The molecule has 0 N–H and O–H groups in total. The summed E-state index contributed by atoms with van der Waals surface area (Å²) in [6.45, 7) is 8.27. The highest BCUT2D eigenvalue weighted by molar-refractivity contribution is 5.91. The largest absolute Gasteiger partial charge is 0.453 e. The number of hydrogen-bond donors (Lipinski definition) is 0. The normalized spacial score (nSPS) is 27.7. The van der Waals surface area contributed by atoms with Crippen LogP contribution < -0.4 is 4.90 Å². The van der Waals surface area contributed by atoms with Crippen LogP contribution in [-0.2, 0) is 15.7 Å². The van der Waals surface area contributed by atoms with Crippen molar-refractivity contribution in [1.82, 2.24) is 4.90 Å². The Morgan fingerprint density at radius 1 is 1.18 bits per heavy atom. The molecule has 208 valence electrons. The summed E-state index contributed by atoms with van der Waals surface area (Å²) in [5, 5.41) is 0. The quantitative estimate of drug-likeness (QED) is 0.371. The summed E-state index contributed by atoms with van der Waals surface area (Å²) in [5.41, 5.74) is 1.12. The van der Waals surface area contributed by atoms with Gasteiger partial charge in [0.15, 0.2) is 0 Å². The molecule has 0 saturated heterocycles. The summed E-state index contributed by atoms with van der Waals surface area (Å²) < 4.78 is 52.3. The van der Waals surface area contributed by atoms with E-state index < -0.39 is 30.0 Å². The summed E-state index contributed by atoms with van der Waals surface area (Å²) in [6, 6.07) is 2.50. The number of amides is 2. The van der Waals surface area contributed by atoms with Gasteiger partial charge in [-0.05, 0) is 92.9 Å². The van der Waals surface area contributed by atoms with E-state index in [2.05, 4.69) is 19.9 Å². The zero-order valence-electron chi connectivity index (χ0n) is 22.7. The van der Waals surface area contributed by atoms with Crippen LogP contribution in [0.3, 0.4) is 0 Å². The lowest BCUT2D eigenvalue weighted by Crippen LogP contribution is -2.53. The molecule has 1 aliphatic heterocycles. The third-order valence-electron chi connectivity index (χ3n) is 9.19. The lowest BCUT2D eigenvalue weighted by molar-refractivity contribution is -0.137. The molecule has 4 atom stereocenters. The number of allylic oxidation sites excluding steroid dienone is 1. The first-order valence-electron chi connectivity index (χ1n) is 13.6. The number of ether oxygens (including phenoxy) is 2. The Labute approximate surface area is 222 Å². The minimum absolute atomic E-state index is 0.133. The van der Waals surface area contributed by atoms with Gasteiger partial charge in [0.1, 0.15) is 0 Å². The van der Waals surface area contributed by atoms with E-state index in [4.69, 9.17) is 9.47 Å². The number of fused-ring (bicyclic) bond motifs is 2. The number of alkyl halides is 3. The zero-order valence-corrected chi connectivity index (χ0v) is 22.7. The van der Waals surface area contributed by atoms with Gasteiger partial charge >= 0.3 is 18.4 Å². The number of nitrogens with zero attached hydrogens (tertiary/aromatic N) is 2. The van der Waals surface area contributed by atoms with E-state index in [1.165, 1.54) is 18.1 Å². The van der Waals surface area contributed by atoms with E-state index in [0.717, 1.165) is 43.4 Å². The first-order valence-corrected chi connectivity index (χ1v) is 13.6. The fourth-order valence-corrected chi connectivity index (χ4v) is 6.80. The second-order valence-corrected chi connectivity index (χ2v) is 12.1. The molecule has 0 aromatic heterocycles. The molecule has 6 rings (SSSR count). The molecule has 1 aromatic rings. The van der Waals surface area contributed by atoms with Gasteiger partial charge in [0, 0.05) is 12.6 Å². The minimum Gasteiger partial charge on any atom is -0.453 e. The maximum absolute atomic E-state index is 13.8. The molecule has 1 heterocycles. The average molecular weight is 535 g/mol. The van der Waals surface area contributed by atoms with E-state index in [9.17, 15) is 22.8 Å². The Kier molecular flexibility index (Phi) is 6.71. The first kappa shape index (κ1) is 26.9. The fourth-order valence-electron chi connectivity index (χ4n) is 6.80. The van der Waals surface area contributed by atoms with Gasteiger partial charge in [-0.2, -0.15) is 13.2 Å². The molecule has 2 amide bonds. The number of hydrogen-bond acceptors (Lipinski definition) is 4. The van der Waals surface area contributed by atoms with Crippen molar-refractivity contribution in [2.75, 3.05) is 18.6 Å². The maximum Gasteiger partial charge on any atom is 0.416 e. The number of benzene rings is 1. The van der Waals surface area contributed by atoms with Gasteiger partial charge in [-0.25, -0.2) is 9.59 Å². The predicted molar refractivity (Wildman–Crippen MR) is 137 cm³/mol. The fraction of sp³-hybridized carbons (Fsp3) is 0.655. The van der Waals surface area contributed by atoms with E-state index in [0.29, 0.717) is 36.1 Å². The lowest BCUT2D eigenvalue weighted by Gasteiger charge is -2.57. The van der Waals surface area contributed by atoms with E-state index in [1.807, 2.05) is 0 Å². The van der Waals surface area contributed by atoms with Gasteiger partial charge in [-0.1, -0.05) is 25.5 Å². The van der Waals surface area contributed by atoms with Gasteiger partial charge in [0.05, 0.1) is 30.5 Å². The zero-order chi connectivity index (χ0) is 27.6. The number of carbonyl (C=O) groups excluding carboxylic acids is 2. The predicted octanol–water partition coefficient (Wildman–Crippen LogP) is 7.34. The summed E-state index contributed by atoms with van der Waals surface area (Å²) in [4.78, 5) is 29.6. The second kappa shape index (κ2) is 9.49. The van der Waals surface area contributed by atoms with Gasteiger partial charge in [-0.3, -0.25) is 9.80 Å². The molecule has 4 unspecified atom stereocenters. The number of anilines is 1. The number of carbonyl (C=O) groups is 2. The summed E-state index contributed by atoms with van der Waals surface area (Å²) in [7, 11) is 1.30. The number of methoxy groups -OCH3 is 1. The van der Waals surface area contributed by atoms with Crippen molar-refractivity contribution in [3.8, 4) is 0 Å². The Hall–Kier alpha value is -2.71. The van der Waals surface area contributed by atoms with Crippen LogP contribution in [0.4, 0.5) is 28.4 Å². The van der Waals surface area contributed by atoms with Crippen molar-refractivity contribution in [3.63, 3.8) is 0 Å². The van der Waals surface area contributed by atoms with Crippen LogP contribution >= 0.6 is 0 Å². The first-order chi connectivity index (χ1) is 17.8. The smallest absolute Gasteiger partial charge is 0.416 e. The topological polar surface area (TPSA) is 59.1 Å². The Morgan fingerprint density at radius 3 is 2.45 bits per heavy atom. The molecule has 0 spiro atoms.